The lowest BCUT2D eigenvalue weighted by Gasteiger charge is -2.07. The maximum atomic E-state index is 12.3. The second-order valence-electron chi connectivity index (χ2n) is 5.69. The van der Waals surface area contributed by atoms with E-state index < -0.39 is 0 Å². The second-order valence-corrected chi connectivity index (χ2v) is 5.69. The first kappa shape index (κ1) is 16.1. The van der Waals surface area contributed by atoms with Crippen molar-refractivity contribution in [3.63, 3.8) is 0 Å². The van der Waals surface area contributed by atoms with E-state index in [2.05, 4.69) is 15.2 Å². The number of aromatic nitrogens is 1. The number of methoxy groups -OCH3 is 1. The largest absolute Gasteiger partial charge is 0.383 e. The van der Waals surface area contributed by atoms with E-state index in [1.165, 1.54) is 0 Å². The third-order valence-electron chi connectivity index (χ3n) is 3.88. The summed E-state index contributed by atoms with van der Waals surface area (Å²) in [5.74, 6) is 0. The number of carbonyl (C=O) groups excluding carboxylic acids is 1. The van der Waals surface area contributed by atoms with Gasteiger partial charge < -0.3 is 19.9 Å². The van der Waals surface area contributed by atoms with Crippen molar-refractivity contribution >= 4 is 28.3 Å². The maximum Gasteiger partial charge on any atom is 0.323 e. The molecule has 2 N–H and O–H groups in total. The van der Waals surface area contributed by atoms with Crippen LogP contribution in [0.15, 0.2) is 54.7 Å². The molecule has 2 amide bonds. The molecule has 0 aliphatic heterocycles. The van der Waals surface area contributed by atoms with E-state index in [-0.39, 0.29) is 6.03 Å². The van der Waals surface area contributed by atoms with Gasteiger partial charge in [0.05, 0.1) is 17.8 Å². The van der Waals surface area contributed by atoms with Crippen molar-refractivity contribution in [3.8, 4) is 0 Å². The van der Waals surface area contributed by atoms with Gasteiger partial charge in [0.15, 0.2) is 0 Å². The molecule has 1 heterocycles. The number of carbonyl (C=O) groups is 1. The van der Waals surface area contributed by atoms with Gasteiger partial charge in [0.1, 0.15) is 0 Å². The van der Waals surface area contributed by atoms with Crippen molar-refractivity contribution in [2.45, 2.75) is 13.5 Å². The zero-order chi connectivity index (χ0) is 16.9. The average molecular weight is 323 g/mol. The van der Waals surface area contributed by atoms with Crippen LogP contribution in [0.25, 0.3) is 10.9 Å². The normalized spacial score (nSPS) is 10.8. The highest BCUT2D eigenvalue weighted by atomic mass is 16.5. The Morgan fingerprint density at radius 1 is 1.08 bits per heavy atom. The highest BCUT2D eigenvalue weighted by Gasteiger charge is 2.10. The fraction of sp³-hybridized carbons (Fsp3) is 0.211. The summed E-state index contributed by atoms with van der Waals surface area (Å²) < 4.78 is 7.24. The Labute approximate surface area is 141 Å². The van der Waals surface area contributed by atoms with Crippen molar-refractivity contribution in [1.29, 1.82) is 0 Å². The number of benzene rings is 2. The minimum absolute atomic E-state index is 0.256. The van der Waals surface area contributed by atoms with Crippen molar-refractivity contribution in [2.75, 3.05) is 24.4 Å². The zero-order valence-corrected chi connectivity index (χ0v) is 13.9. The fourth-order valence-corrected chi connectivity index (χ4v) is 2.64. The predicted molar refractivity (Wildman–Crippen MR) is 97.6 cm³/mol. The lowest BCUT2D eigenvalue weighted by Crippen LogP contribution is -2.19. The predicted octanol–water partition coefficient (Wildman–Crippen LogP) is 4.24. The van der Waals surface area contributed by atoms with Crippen LogP contribution in [0.2, 0.25) is 0 Å². The van der Waals surface area contributed by atoms with Crippen LogP contribution in [0.4, 0.5) is 16.2 Å². The number of ether oxygens (including phenoxy) is 1. The first-order valence-electron chi connectivity index (χ1n) is 7.89. The summed E-state index contributed by atoms with van der Waals surface area (Å²) in [5, 5.41) is 6.79. The molecule has 0 saturated carbocycles. The lowest BCUT2D eigenvalue weighted by atomic mass is 10.2. The SMILES string of the molecule is COCCn1cc(NC(=O)Nc2ccc(C)cc2)c2ccccc21. The molecule has 3 aromatic rings. The topological polar surface area (TPSA) is 55.3 Å². The van der Waals surface area contributed by atoms with Gasteiger partial charge in [0.2, 0.25) is 0 Å². The first-order chi connectivity index (χ1) is 11.7. The summed E-state index contributed by atoms with van der Waals surface area (Å²) >= 11 is 0. The molecule has 0 aliphatic carbocycles. The standard InChI is InChI=1S/C19H21N3O2/c1-14-7-9-15(10-8-14)20-19(23)21-17-13-22(11-12-24-2)18-6-4-3-5-16(17)18/h3-10,13H,11-12H2,1-2H3,(H2,20,21,23). The zero-order valence-electron chi connectivity index (χ0n) is 13.9. The van der Waals surface area contributed by atoms with Gasteiger partial charge in [-0.3, -0.25) is 0 Å². The summed E-state index contributed by atoms with van der Waals surface area (Å²) in [6.07, 6.45) is 1.94. The number of nitrogens with zero attached hydrogens (tertiary/aromatic N) is 1. The Hall–Kier alpha value is -2.79. The van der Waals surface area contributed by atoms with E-state index >= 15 is 0 Å². The van der Waals surface area contributed by atoms with E-state index in [4.69, 9.17) is 4.74 Å². The van der Waals surface area contributed by atoms with Crippen LogP contribution in [0.5, 0.6) is 0 Å². The molecule has 5 nitrogen and oxygen atoms in total. The summed E-state index contributed by atoms with van der Waals surface area (Å²) in [7, 11) is 1.68. The Morgan fingerprint density at radius 2 is 1.83 bits per heavy atom. The molecule has 0 fully saturated rings. The van der Waals surface area contributed by atoms with Gasteiger partial charge in [0, 0.05) is 30.9 Å². The van der Waals surface area contributed by atoms with E-state index in [0.717, 1.165) is 34.4 Å². The van der Waals surface area contributed by atoms with Crippen LogP contribution < -0.4 is 10.6 Å². The van der Waals surface area contributed by atoms with E-state index in [0.29, 0.717) is 6.61 Å². The summed E-state index contributed by atoms with van der Waals surface area (Å²) in [5.41, 5.74) is 3.77. The fourth-order valence-electron chi connectivity index (χ4n) is 2.64. The number of urea groups is 1. The van der Waals surface area contributed by atoms with Gasteiger partial charge in [-0.05, 0) is 25.1 Å². The van der Waals surface area contributed by atoms with Gasteiger partial charge in [-0.15, -0.1) is 0 Å². The molecule has 0 saturated heterocycles. The maximum absolute atomic E-state index is 12.3. The van der Waals surface area contributed by atoms with Crippen molar-refractivity contribution in [3.05, 3.63) is 60.3 Å². The van der Waals surface area contributed by atoms with E-state index in [9.17, 15) is 4.79 Å². The van der Waals surface area contributed by atoms with E-state index in [1.54, 1.807) is 7.11 Å². The van der Waals surface area contributed by atoms with Crippen molar-refractivity contribution in [2.24, 2.45) is 0 Å². The number of anilines is 2. The number of amides is 2. The number of hydrogen-bond donors (Lipinski definition) is 2. The highest BCUT2D eigenvalue weighted by Crippen LogP contribution is 2.26. The molecular formula is C19H21N3O2. The minimum atomic E-state index is -0.256. The van der Waals surface area contributed by atoms with Gasteiger partial charge >= 0.3 is 6.03 Å². The number of para-hydroxylation sites is 1. The molecule has 124 valence electrons. The molecule has 3 rings (SSSR count). The minimum Gasteiger partial charge on any atom is -0.383 e. The molecule has 2 aromatic carbocycles. The number of nitrogens with one attached hydrogen (secondary N) is 2. The molecule has 0 aliphatic rings. The Bertz CT molecular complexity index is 837. The number of hydrogen-bond acceptors (Lipinski definition) is 2. The first-order valence-corrected chi connectivity index (χ1v) is 7.89. The van der Waals surface area contributed by atoms with Crippen LogP contribution in [-0.2, 0) is 11.3 Å². The quantitative estimate of drug-likeness (QED) is 0.738. The molecule has 0 radical (unpaired) electrons. The molecule has 5 heteroatoms. The Morgan fingerprint density at radius 3 is 2.58 bits per heavy atom. The molecular weight excluding hydrogens is 302 g/mol. The summed E-state index contributed by atoms with van der Waals surface area (Å²) in [6.45, 7) is 3.37. The van der Waals surface area contributed by atoms with Gasteiger partial charge in [-0.2, -0.15) is 0 Å². The van der Waals surface area contributed by atoms with Crippen molar-refractivity contribution in [1.82, 2.24) is 4.57 Å². The number of rotatable bonds is 5. The lowest BCUT2D eigenvalue weighted by molar-refractivity contribution is 0.188. The number of fused-ring (bicyclic) bond motifs is 1. The van der Waals surface area contributed by atoms with Crippen LogP contribution in [0, 0.1) is 6.92 Å². The van der Waals surface area contributed by atoms with Gasteiger partial charge in [0.25, 0.3) is 0 Å². The molecule has 0 spiro atoms. The van der Waals surface area contributed by atoms with Crippen LogP contribution in [0.1, 0.15) is 5.56 Å². The van der Waals surface area contributed by atoms with Crippen molar-refractivity contribution < 1.29 is 9.53 Å². The molecule has 0 bridgehead atoms. The van der Waals surface area contributed by atoms with Crippen LogP contribution >= 0.6 is 0 Å². The van der Waals surface area contributed by atoms with Gasteiger partial charge in [-0.25, -0.2) is 4.79 Å². The average Bonchev–Trinajstić information content (AvgIpc) is 2.93. The summed E-state index contributed by atoms with van der Waals surface area (Å²) in [4.78, 5) is 12.3. The smallest absolute Gasteiger partial charge is 0.323 e. The highest BCUT2D eigenvalue weighted by molar-refractivity contribution is 6.06. The Balaban J connectivity index is 1.78. The monoisotopic (exact) mass is 323 g/mol. The third-order valence-corrected chi connectivity index (χ3v) is 3.88. The second kappa shape index (κ2) is 7.19. The van der Waals surface area contributed by atoms with Gasteiger partial charge in [-0.1, -0.05) is 35.9 Å². The van der Waals surface area contributed by atoms with E-state index in [1.807, 2.05) is 61.7 Å². The van der Waals surface area contributed by atoms with Crippen LogP contribution in [0.3, 0.4) is 0 Å². The summed E-state index contributed by atoms with van der Waals surface area (Å²) in [6, 6.07) is 15.4. The van der Waals surface area contributed by atoms with Crippen LogP contribution in [-0.4, -0.2) is 24.3 Å². The third kappa shape index (κ3) is 3.58. The molecule has 1 aromatic heterocycles. The molecule has 24 heavy (non-hydrogen) atoms. The Kier molecular flexibility index (Phi) is 4.82. The molecule has 0 atom stereocenters. The molecule has 0 unspecified atom stereocenters. The number of aryl methyl sites for hydroxylation is 1.